The fraction of sp³-hybridized carbons (Fsp3) is 0.111. The van der Waals surface area contributed by atoms with Crippen LogP contribution in [0.15, 0.2) is 65.5 Å². The Hall–Kier alpha value is -2.88. The molecule has 0 aliphatic heterocycles. The van der Waals surface area contributed by atoms with E-state index in [1.807, 2.05) is 67.6 Å². The van der Waals surface area contributed by atoms with E-state index in [-0.39, 0.29) is 11.2 Å². The summed E-state index contributed by atoms with van der Waals surface area (Å²) in [6, 6.07) is 19.5. The summed E-state index contributed by atoms with van der Waals surface area (Å²) < 4.78 is 1.41. The molecule has 0 atom stereocenters. The van der Waals surface area contributed by atoms with Gasteiger partial charge in [-0.2, -0.15) is 5.10 Å². The van der Waals surface area contributed by atoms with Crippen LogP contribution in [-0.2, 0) is 6.54 Å². The Bertz CT molecular complexity index is 839. The maximum absolute atomic E-state index is 12.4. The molecule has 1 aromatic heterocycles. The lowest BCUT2D eigenvalue weighted by molar-refractivity contribution is 0.622. The van der Waals surface area contributed by atoms with E-state index < -0.39 is 0 Å². The third-order valence-corrected chi connectivity index (χ3v) is 3.60. The van der Waals surface area contributed by atoms with Crippen LogP contribution in [-0.4, -0.2) is 9.78 Å². The summed E-state index contributed by atoms with van der Waals surface area (Å²) >= 11 is 0. The Balaban J connectivity index is 2.37. The van der Waals surface area contributed by atoms with Gasteiger partial charge in [0.1, 0.15) is 11.4 Å². The summed E-state index contributed by atoms with van der Waals surface area (Å²) in [6.45, 7) is 2.36. The number of benzene rings is 2. The van der Waals surface area contributed by atoms with E-state index in [0.29, 0.717) is 12.1 Å². The maximum Gasteiger partial charge on any atom is 0.290 e. The van der Waals surface area contributed by atoms with Crippen molar-refractivity contribution in [3.05, 3.63) is 71.0 Å². The van der Waals surface area contributed by atoms with Gasteiger partial charge in [0.15, 0.2) is 0 Å². The number of anilines is 1. The second-order valence-corrected chi connectivity index (χ2v) is 4.99. The van der Waals surface area contributed by atoms with E-state index in [4.69, 9.17) is 5.73 Å². The number of aryl methyl sites for hydroxylation is 1. The van der Waals surface area contributed by atoms with Crippen molar-refractivity contribution in [2.45, 2.75) is 13.5 Å². The van der Waals surface area contributed by atoms with Crippen molar-refractivity contribution < 1.29 is 0 Å². The highest BCUT2D eigenvalue weighted by atomic mass is 16.1. The predicted molar refractivity (Wildman–Crippen MR) is 89.5 cm³/mol. The van der Waals surface area contributed by atoms with E-state index in [1.54, 1.807) is 0 Å². The van der Waals surface area contributed by atoms with Gasteiger partial charge in [0.2, 0.25) is 0 Å². The molecule has 3 aromatic rings. The lowest BCUT2D eigenvalue weighted by Gasteiger charge is -2.14. The number of nitrogens with two attached hydrogens (primary N) is 1. The molecular weight excluding hydrogens is 274 g/mol. The van der Waals surface area contributed by atoms with Crippen molar-refractivity contribution in [1.29, 1.82) is 0 Å². The zero-order valence-corrected chi connectivity index (χ0v) is 12.4. The van der Waals surface area contributed by atoms with Crippen molar-refractivity contribution in [3.63, 3.8) is 0 Å². The maximum atomic E-state index is 12.4. The fourth-order valence-corrected chi connectivity index (χ4v) is 2.50. The molecule has 2 aromatic carbocycles. The molecule has 1 heterocycles. The molecule has 0 fully saturated rings. The van der Waals surface area contributed by atoms with Crippen LogP contribution in [0.5, 0.6) is 0 Å². The molecule has 4 nitrogen and oxygen atoms in total. The SMILES string of the molecule is CCn1nc(-c2ccccc2)c(-c2ccccc2)c(N)c1=O. The number of hydrogen-bond donors (Lipinski definition) is 1. The zero-order chi connectivity index (χ0) is 15.5. The zero-order valence-electron chi connectivity index (χ0n) is 12.4. The van der Waals surface area contributed by atoms with Crippen molar-refractivity contribution in [1.82, 2.24) is 9.78 Å². The third-order valence-electron chi connectivity index (χ3n) is 3.60. The largest absolute Gasteiger partial charge is 0.394 e. The molecule has 4 heteroatoms. The molecule has 0 aliphatic rings. The first-order valence-electron chi connectivity index (χ1n) is 7.23. The van der Waals surface area contributed by atoms with Crippen LogP contribution in [0.25, 0.3) is 22.4 Å². The lowest BCUT2D eigenvalue weighted by atomic mass is 9.98. The van der Waals surface area contributed by atoms with Crippen LogP contribution >= 0.6 is 0 Å². The van der Waals surface area contributed by atoms with Crippen LogP contribution < -0.4 is 11.3 Å². The van der Waals surface area contributed by atoms with E-state index >= 15 is 0 Å². The van der Waals surface area contributed by atoms with Gasteiger partial charge in [-0.15, -0.1) is 0 Å². The molecule has 2 N–H and O–H groups in total. The fourth-order valence-electron chi connectivity index (χ4n) is 2.50. The summed E-state index contributed by atoms with van der Waals surface area (Å²) in [5, 5.41) is 4.52. The van der Waals surface area contributed by atoms with Crippen LogP contribution in [0.4, 0.5) is 5.69 Å². The Morgan fingerprint density at radius 2 is 1.50 bits per heavy atom. The third kappa shape index (κ3) is 2.39. The number of hydrogen-bond acceptors (Lipinski definition) is 3. The highest BCUT2D eigenvalue weighted by Crippen LogP contribution is 2.32. The average Bonchev–Trinajstić information content (AvgIpc) is 2.58. The van der Waals surface area contributed by atoms with Crippen molar-refractivity contribution >= 4 is 5.69 Å². The van der Waals surface area contributed by atoms with E-state index in [2.05, 4.69) is 5.10 Å². The van der Waals surface area contributed by atoms with Gasteiger partial charge in [0.05, 0.1) is 0 Å². The number of nitrogen functional groups attached to an aromatic ring is 1. The summed E-state index contributed by atoms with van der Waals surface area (Å²) in [4.78, 5) is 12.4. The summed E-state index contributed by atoms with van der Waals surface area (Å²) in [6.07, 6.45) is 0. The molecule has 0 bridgehead atoms. The number of rotatable bonds is 3. The van der Waals surface area contributed by atoms with Gasteiger partial charge in [0, 0.05) is 17.7 Å². The highest BCUT2D eigenvalue weighted by Gasteiger charge is 2.17. The minimum Gasteiger partial charge on any atom is -0.394 e. The second-order valence-electron chi connectivity index (χ2n) is 4.99. The molecule has 3 rings (SSSR count). The molecule has 0 unspecified atom stereocenters. The average molecular weight is 291 g/mol. The van der Waals surface area contributed by atoms with Gasteiger partial charge >= 0.3 is 0 Å². The molecular formula is C18H17N3O. The van der Waals surface area contributed by atoms with Gasteiger partial charge < -0.3 is 5.73 Å². The normalized spacial score (nSPS) is 10.6. The van der Waals surface area contributed by atoms with Gasteiger partial charge in [-0.05, 0) is 12.5 Å². The van der Waals surface area contributed by atoms with Crippen molar-refractivity contribution in [2.24, 2.45) is 0 Å². The molecule has 110 valence electrons. The summed E-state index contributed by atoms with van der Waals surface area (Å²) in [7, 11) is 0. The number of nitrogens with zero attached hydrogens (tertiary/aromatic N) is 2. The highest BCUT2D eigenvalue weighted by molar-refractivity contribution is 5.88. The molecule has 0 amide bonds. The summed E-state index contributed by atoms with van der Waals surface area (Å²) in [5.74, 6) is 0. The Morgan fingerprint density at radius 1 is 0.955 bits per heavy atom. The topological polar surface area (TPSA) is 60.9 Å². The molecule has 0 saturated heterocycles. The van der Waals surface area contributed by atoms with Gasteiger partial charge in [-0.25, -0.2) is 4.68 Å². The smallest absolute Gasteiger partial charge is 0.290 e. The van der Waals surface area contributed by atoms with Crippen molar-refractivity contribution in [3.8, 4) is 22.4 Å². The lowest BCUT2D eigenvalue weighted by Crippen LogP contribution is -2.26. The van der Waals surface area contributed by atoms with Gasteiger partial charge in [0.25, 0.3) is 5.56 Å². The van der Waals surface area contributed by atoms with E-state index in [0.717, 1.165) is 16.8 Å². The Morgan fingerprint density at radius 3 is 2.05 bits per heavy atom. The molecule has 22 heavy (non-hydrogen) atoms. The molecule has 0 saturated carbocycles. The summed E-state index contributed by atoms with van der Waals surface area (Å²) in [5.41, 5.74) is 9.40. The molecule has 0 radical (unpaired) electrons. The quantitative estimate of drug-likeness (QED) is 0.806. The van der Waals surface area contributed by atoms with E-state index in [1.165, 1.54) is 4.68 Å². The minimum absolute atomic E-state index is 0.238. The van der Waals surface area contributed by atoms with Crippen molar-refractivity contribution in [2.75, 3.05) is 5.73 Å². The van der Waals surface area contributed by atoms with Crippen LogP contribution in [0.1, 0.15) is 6.92 Å². The number of aromatic nitrogens is 2. The van der Waals surface area contributed by atoms with Crippen LogP contribution in [0.2, 0.25) is 0 Å². The molecule has 0 aliphatic carbocycles. The Labute approximate surface area is 128 Å². The van der Waals surface area contributed by atoms with Crippen LogP contribution in [0, 0.1) is 0 Å². The Kier molecular flexibility index (Phi) is 3.74. The predicted octanol–water partition coefficient (Wildman–Crippen LogP) is 3.18. The first-order chi connectivity index (χ1) is 10.7. The first kappa shape index (κ1) is 14.1. The first-order valence-corrected chi connectivity index (χ1v) is 7.23. The second kappa shape index (κ2) is 5.85. The molecule has 0 spiro atoms. The van der Waals surface area contributed by atoms with Gasteiger partial charge in [-0.1, -0.05) is 60.7 Å². The van der Waals surface area contributed by atoms with E-state index in [9.17, 15) is 4.79 Å². The van der Waals surface area contributed by atoms with Crippen LogP contribution in [0.3, 0.4) is 0 Å². The standard InChI is InChI=1S/C18H17N3O/c1-2-21-18(22)16(19)15(13-9-5-3-6-10-13)17(20-21)14-11-7-4-8-12-14/h3-12H,2,19H2,1H3. The van der Waals surface area contributed by atoms with Gasteiger partial charge in [-0.3, -0.25) is 4.79 Å². The minimum atomic E-state index is -0.249. The monoisotopic (exact) mass is 291 g/mol.